The molecule has 1 aliphatic carbocycles. The highest BCUT2D eigenvalue weighted by atomic mass is 79.9. The second-order valence-electron chi connectivity index (χ2n) is 4.17. The van der Waals surface area contributed by atoms with E-state index in [1.807, 2.05) is 0 Å². The highest BCUT2D eigenvalue weighted by Crippen LogP contribution is 2.55. The molecule has 0 aliphatic heterocycles. The Morgan fingerprint density at radius 3 is 2.18 bits per heavy atom. The van der Waals surface area contributed by atoms with Crippen molar-refractivity contribution in [3.63, 3.8) is 0 Å². The molecule has 0 nitrogen and oxygen atoms in total. The van der Waals surface area contributed by atoms with Gasteiger partial charge in [-0.15, -0.1) is 0 Å². The first-order valence-electron chi connectivity index (χ1n) is 4.72. The summed E-state index contributed by atoms with van der Waals surface area (Å²) in [6.07, 6.45) is 4.23. The molecule has 0 aromatic heterocycles. The van der Waals surface area contributed by atoms with Gasteiger partial charge < -0.3 is 0 Å². The summed E-state index contributed by atoms with van der Waals surface area (Å²) in [4.78, 5) is 0. The maximum absolute atomic E-state index is 3.63. The molecule has 1 heteroatoms. The van der Waals surface area contributed by atoms with Crippen LogP contribution >= 0.6 is 15.9 Å². The molecule has 0 spiro atoms. The van der Waals surface area contributed by atoms with Crippen LogP contribution in [0.15, 0.2) is 0 Å². The minimum Gasteiger partial charge on any atom is -0.0922 e. The molecule has 1 saturated carbocycles. The third-order valence-electron chi connectivity index (χ3n) is 3.62. The van der Waals surface area contributed by atoms with Gasteiger partial charge in [-0.05, 0) is 30.1 Å². The van der Waals surface area contributed by atoms with E-state index in [0.717, 1.165) is 11.8 Å². The molecule has 2 atom stereocenters. The Morgan fingerprint density at radius 2 is 1.91 bits per heavy atom. The van der Waals surface area contributed by atoms with Crippen molar-refractivity contribution >= 4 is 15.9 Å². The molecule has 1 aliphatic rings. The molecule has 0 heterocycles. The fourth-order valence-corrected chi connectivity index (χ4v) is 2.90. The third kappa shape index (κ3) is 1.80. The van der Waals surface area contributed by atoms with Crippen LogP contribution in [0.4, 0.5) is 0 Å². The summed E-state index contributed by atoms with van der Waals surface area (Å²) in [7, 11) is 0. The molecule has 0 bridgehead atoms. The van der Waals surface area contributed by atoms with E-state index in [9.17, 15) is 0 Å². The summed E-state index contributed by atoms with van der Waals surface area (Å²) in [5.41, 5.74) is 0.690. The normalized spacial score (nSPS) is 26.2. The van der Waals surface area contributed by atoms with Crippen LogP contribution in [0.3, 0.4) is 0 Å². The lowest BCUT2D eigenvalue weighted by Gasteiger charge is -2.26. The van der Waals surface area contributed by atoms with E-state index in [4.69, 9.17) is 0 Å². The molecule has 66 valence electrons. The Kier molecular flexibility index (Phi) is 3.02. The standard InChI is InChI=1S/C10H19Br/c1-4-8(2)9(3)10(7-11)5-6-10/h8-9H,4-7H2,1-3H3. The Bertz CT molecular complexity index is 127. The first kappa shape index (κ1) is 9.57. The van der Waals surface area contributed by atoms with Gasteiger partial charge in [0.15, 0.2) is 0 Å². The van der Waals surface area contributed by atoms with E-state index < -0.39 is 0 Å². The maximum atomic E-state index is 3.63. The number of halogens is 1. The molecule has 0 amide bonds. The van der Waals surface area contributed by atoms with Crippen molar-refractivity contribution in [1.82, 2.24) is 0 Å². The van der Waals surface area contributed by atoms with Crippen LogP contribution in [0.5, 0.6) is 0 Å². The van der Waals surface area contributed by atoms with Crippen LogP contribution in [-0.2, 0) is 0 Å². The highest BCUT2D eigenvalue weighted by molar-refractivity contribution is 9.09. The lowest BCUT2D eigenvalue weighted by Crippen LogP contribution is -2.20. The van der Waals surface area contributed by atoms with Crippen LogP contribution in [0, 0.1) is 17.3 Å². The number of rotatable bonds is 4. The Balaban J connectivity index is 2.46. The summed E-state index contributed by atoms with van der Waals surface area (Å²) >= 11 is 3.63. The summed E-state index contributed by atoms with van der Waals surface area (Å²) < 4.78 is 0. The fraction of sp³-hybridized carbons (Fsp3) is 1.00. The molecular formula is C10H19Br. The van der Waals surface area contributed by atoms with Crippen molar-refractivity contribution in [2.75, 3.05) is 5.33 Å². The smallest absolute Gasteiger partial charge is 0.00906 e. The molecule has 0 saturated heterocycles. The molecule has 0 N–H and O–H groups in total. The van der Waals surface area contributed by atoms with Crippen molar-refractivity contribution in [2.45, 2.75) is 40.0 Å². The van der Waals surface area contributed by atoms with Crippen molar-refractivity contribution in [3.8, 4) is 0 Å². The zero-order valence-electron chi connectivity index (χ0n) is 7.86. The van der Waals surface area contributed by atoms with Crippen molar-refractivity contribution < 1.29 is 0 Å². The largest absolute Gasteiger partial charge is 0.0922 e. The Labute approximate surface area is 78.9 Å². The van der Waals surface area contributed by atoms with Crippen molar-refractivity contribution in [3.05, 3.63) is 0 Å². The first-order valence-corrected chi connectivity index (χ1v) is 5.84. The van der Waals surface area contributed by atoms with Crippen molar-refractivity contribution in [2.24, 2.45) is 17.3 Å². The SMILES string of the molecule is CCC(C)C(C)C1(CBr)CC1. The average Bonchev–Trinajstić information content (AvgIpc) is 2.82. The zero-order chi connectivity index (χ0) is 8.48. The van der Waals surface area contributed by atoms with E-state index in [1.54, 1.807) is 0 Å². The fourth-order valence-electron chi connectivity index (χ4n) is 1.83. The summed E-state index contributed by atoms with van der Waals surface area (Å²) in [5.74, 6) is 1.81. The molecule has 2 unspecified atom stereocenters. The summed E-state index contributed by atoms with van der Waals surface area (Å²) in [6.45, 7) is 7.10. The summed E-state index contributed by atoms with van der Waals surface area (Å²) in [6, 6.07) is 0. The molecular weight excluding hydrogens is 200 g/mol. The lowest BCUT2D eigenvalue weighted by molar-refractivity contribution is 0.259. The highest BCUT2D eigenvalue weighted by Gasteiger charge is 2.47. The first-order chi connectivity index (χ1) is 5.16. The van der Waals surface area contributed by atoms with Gasteiger partial charge in [0.2, 0.25) is 0 Å². The topological polar surface area (TPSA) is 0 Å². The van der Waals surface area contributed by atoms with Gasteiger partial charge in [0.1, 0.15) is 0 Å². The van der Waals surface area contributed by atoms with Crippen LogP contribution in [0.2, 0.25) is 0 Å². The van der Waals surface area contributed by atoms with Gasteiger partial charge in [-0.2, -0.15) is 0 Å². The van der Waals surface area contributed by atoms with Gasteiger partial charge in [0.05, 0.1) is 0 Å². The van der Waals surface area contributed by atoms with Gasteiger partial charge in [-0.3, -0.25) is 0 Å². The van der Waals surface area contributed by atoms with Gasteiger partial charge >= 0.3 is 0 Å². The van der Waals surface area contributed by atoms with Gasteiger partial charge in [0, 0.05) is 5.33 Å². The minimum absolute atomic E-state index is 0.690. The van der Waals surface area contributed by atoms with E-state index >= 15 is 0 Å². The predicted octanol–water partition coefficient (Wildman–Crippen LogP) is 3.84. The average molecular weight is 219 g/mol. The van der Waals surface area contributed by atoms with Crippen molar-refractivity contribution in [1.29, 1.82) is 0 Å². The number of hydrogen-bond acceptors (Lipinski definition) is 0. The number of alkyl halides is 1. The summed E-state index contributed by atoms with van der Waals surface area (Å²) in [5, 5.41) is 1.21. The van der Waals surface area contributed by atoms with E-state index in [2.05, 4.69) is 36.7 Å². The van der Waals surface area contributed by atoms with E-state index in [-0.39, 0.29) is 0 Å². The maximum Gasteiger partial charge on any atom is 0.00906 e. The predicted molar refractivity (Wildman–Crippen MR) is 54.1 cm³/mol. The van der Waals surface area contributed by atoms with Crippen LogP contribution < -0.4 is 0 Å². The quantitative estimate of drug-likeness (QED) is 0.630. The third-order valence-corrected chi connectivity index (χ3v) is 4.74. The molecule has 11 heavy (non-hydrogen) atoms. The lowest BCUT2D eigenvalue weighted by atomic mass is 9.81. The number of hydrogen-bond donors (Lipinski definition) is 0. The molecule has 1 rings (SSSR count). The van der Waals surface area contributed by atoms with Gasteiger partial charge in [-0.25, -0.2) is 0 Å². The zero-order valence-corrected chi connectivity index (χ0v) is 9.45. The molecule has 0 aromatic carbocycles. The van der Waals surface area contributed by atoms with Gasteiger partial charge in [0.25, 0.3) is 0 Å². The van der Waals surface area contributed by atoms with Crippen LogP contribution in [0.1, 0.15) is 40.0 Å². The molecule has 1 fully saturated rings. The van der Waals surface area contributed by atoms with Crippen LogP contribution in [0.25, 0.3) is 0 Å². The monoisotopic (exact) mass is 218 g/mol. The second-order valence-corrected chi connectivity index (χ2v) is 4.73. The van der Waals surface area contributed by atoms with E-state index in [1.165, 1.54) is 24.6 Å². The van der Waals surface area contributed by atoms with E-state index in [0.29, 0.717) is 5.41 Å². The molecule has 0 aromatic rings. The van der Waals surface area contributed by atoms with Gasteiger partial charge in [-0.1, -0.05) is 43.1 Å². The Morgan fingerprint density at radius 1 is 1.36 bits per heavy atom. The second kappa shape index (κ2) is 3.47. The molecule has 0 radical (unpaired) electrons. The minimum atomic E-state index is 0.690. The van der Waals surface area contributed by atoms with Crippen LogP contribution in [-0.4, -0.2) is 5.33 Å². The Hall–Kier alpha value is 0.480.